The maximum atomic E-state index is 13.6. The molecule has 5 atom stereocenters. The van der Waals surface area contributed by atoms with Gasteiger partial charge in [-0.3, -0.25) is 4.79 Å². The molecule has 2 aromatic carbocycles. The molecular weight excluding hydrogens is 438 g/mol. The molecule has 0 aromatic heterocycles. The molecule has 36 heavy (non-hydrogen) atoms. The lowest BCUT2D eigenvalue weighted by Gasteiger charge is -2.38. The van der Waals surface area contributed by atoms with E-state index < -0.39 is 0 Å². The van der Waals surface area contributed by atoms with Crippen LogP contribution >= 0.6 is 0 Å². The van der Waals surface area contributed by atoms with Gasteiger partial charge < -0.3 is 4.90 Å². The van der Waals surface area contributed by atoms with Crippen molar-refractivity contribution >= 4 is 5.78 Å². The lowest BCUT2D eigenvalue weighted by atomic mass is 9.77. The normalized spacial score (nSPS) is 30.0. The summed E-state index contributed by atoms with van der Waals surface area (Å²) in [7, 11) is 0. The predicted molar refractivity (Wildman–Crippen MR) is 148 cm³/mol. The second-order valence-electron chi connectivity index (χ2n) is 11.5. The summed E-state index contributed by atoms with van der Waals surface area (Å²) in [5.74, 6) is 3.28. The standard InChI is InChI=1S/C34H39NO/c1-3-29-30(28-17-19-35(20-18-28)23(2)24-9-7-8-10-24)22-33(34(29)36)27-15-13-26(14-16-27)32-21-31(32)25-11-5-4-6-12-25/h4-9,11-16,28-33H,2-3,10,17-22H2,1H3. The Morgan fingerprint density at radius 1 is 0.917 bits per heavy atom. The zero-order chi connectivity index (χ0) is 24.6. The summed E-state index contributed by atoms with van der Waals surface area (Å²) >= 11 is 0. The Hall–Kier alpha value is -2.87. The Morgan fingerprint density at radius 3 is 2.22 bits per heavy atom. The van der Waals surface area contributed by atoms with Crippen molar-refractivity contribution in [3.05, 3.63) is 107 Å². The monoisotopic (exact) mass is 477 g/mol. The van der Waals surface area contributed by atoms with E-state index in [1.807, 2.05) is 0 Å². The Bertz CT molecular complexity index is 1170. The topological polar surface area (TPSA) is 20.3 Å². The fourth-order valence-corrected chi connectivity index (χ4v) is 7.42. The molecule has 186 valence electrons. The molecule has 0 bridgehead atoms. The van der Waals surface area contributed by atoms with Crippen LogP contribution in [0.2, 0.25) is 0 Å². The summed E-state index contributed by atoms with van der Waals surface area (Å²) < 4.78 is 0. The molecule has 3 fully saturated rings. The Morgan fingerprint density at radius 2 is 1.58 bits per heavy atom. The summed E-state index contributed by atoms with van der Waals surface area (Å²) in [5.41, 5.74) is 6.70. The van der Waals surface area contributed by atoms with Crippen molar-refractivity contribution in [3.8, 4) is 0 Å². The van der Waals surface area contributed by atoms with Crippen LogP contribution in [0.25, 0.3) is 0 Å². The van der Waals surface area contributed by atoms with E-state index in [2.05, 4.69) is 91.2 Å². The first kappa shape index (κ1) is 23.5. The zero-order valence-corrected chi connectivity index (χ0v) is 21.6. The van der Waals surface area contributed by atoms with Gasteiger partial charge in [-0.1, -0.05) is 86.3 Å². The fourth-order valence-electron chi connectivity index (χ4n) is 7.42. The lowest BCUT2D eigenvalue weighted by Crippen LogP contribution is -2.37. The first-order valence-electron chi connectivity index (χ1n) is 14.1. The molecular formula is C34H39NO. The number of ketones is 1. The molecule has 0 spiro atoms. The molecule has 0 amide bonds. The van der Waals surface area contributed by atoms with Gasteiger partial charge in [-0.05, 0) is 84.5 Å². The first-order chi connectivity index (χ1) is 17.6. The van der Waals surface area contributed by atoms with Crippen LogP contribution < -0.4 is 0 Å². The molecule has 0 radical (unpaired) electrons. The third kappa shape index (κ3) is 4.40. The van der Waals surface area contributed by atoms with E-state index in [0.29, 0.717) is 29.5 Å². The van der Waals surface area contributed by atoms with Crippen molar-refractivity contribution in [1.29, 1.82) is 0 Å². The Balaban J connectivity index is 1.09. The van der Waals surface area contributed by atoms with Gasteiger partial charge in [-0.2, -0.15) is 0 Å². The molecule has 1 saturated heterocycles. The van der Waals surface area contributed by atoms with E-state index in [4.69, 9.17) is 0 Å². The second-order valence-corrected chi connectivity index (χ2v) is 11.5. The predicted octanol–water partition coefficient (Wildman–Crippen LogP) is 7.77. The molecule has 2 saturated carbocycles. The SMILES string of the molecule is C=C(C1=CC=CC1)N1CCC(C2CC(c3ccc(C4CC4c4ccccc4)cc3)C(=O)C2CC)CC1. The van der Waals surface area contributed by atoms with Gasteiger partial charge in [0.25, 0.3) is 0 Å². The van der Waals surface area contributed by atoms with E-state index in [1.165, 1.54) is 47.2 Å². The summed E-state index contributed by atoms with van der Waals surface area (Å²) in [6.45, 7) is 8.75. The molecule has 6 rings (SSSR count). The average molecular weight is 478 g/mol. The fraction of sp³-hybridized carbons (Fsp3) is 0.441. The van der Waals surface area contributed by atoms with Gasteiger partial charge in [0.1, 0.15) is 5.78 Å². The highest BCUT2D eigenvalue weighted by Gasteiger charge is 2.46. The van der Waals surface area contributed by atoms with Crippen molar-refractivity contribution in [2.75, 3.05) is 13.1 Å². The van der Waals surface area contributed by atoms with Gasteiger partial charge in [0.15, 0.2) is 0 Å². The maximum Gasteiger partial charge on any atom is 0.143 e. The molecule has 2 nitrogen and oxygen atoms in total. The molecule has 3 aliphatic carbocycles. The van der Waals surface area contributed by atoms with Crippen LogP contribution in [0.15, 0.2) is 90.7 Å². The largest absolute Gasteiger partial charge is 0.372 e. The van der Waals surface area contributed by atoms with Crippen LogP contribution in [0.1, 0.15) is 79.9 Å². The molecule has 0 N–H and O–H groups in total. The zero-order valence-electron chi connectivity index (χ0n) is 21.6. The van der Waals surface area contributed by atoms with E-state index in [1.54, 1.807) is 0 Å². The molecule has 1 heterocycles. The third-order valence-electron chi connectivity index (χ3n) is 9.63. The van der Waals surface area contributed by atoms with Crippen molar-refractivity contribution in [1.82, 2.24) is 4.90 Å². The number of hydrogen-bond acceptors (Lipinski definition) is 2. The smallest absolute Gasteiger partial charge is 0.143 e. The van der Waals surface area contributed by atoms with Crippen molar-refractivity contribution in [2.45, 2.75) is 63.2 Å². The van der Waals surface area contributed by atoms with Crippen LogP contribution in [0.5, 0.6) is 0 Å². The van der Waals surface area contributed by atoms with E-state index in [0.717, 1.165) is 32.4 Å². The minimum absolute atomic E-state index is 0.0841. The molecule has 2 aromatic rings. The number of Topliss-reactive ketones (excluding diaryl/α,β-unsaturated/α-hetero) is 1. The number of rotatable bonds is 7. The molecule has 1 aliphatic heterocycles. The van der Waals surface area contributed by atoms with Crippen LogP contribution in [-0.2, 0) is 4.79 Å². The average Bonchev–Trinajstić information content (AvgIpc) is 3.39. The maximum absolute atomic E-state index is 13.6. The number of carbonyl (C=O) groups excluding carboxylic acids is 1. The Labute approximate surface area is 216 Å². The summed E-state index contributed by atoms with van der Waals surface area (Å²) in [5, 5.41) is 0. The van der Waals surface area contributed by atoms with Crippen molar-refractivity contribution < 1.29 is 4.79 Å². The van der Waals surface area contributed by atoms with Gasteiger partial charge in [-0.15, -0.1) is 0 Å². The van der Waals surface area contributed by atoms with Gasteiger partial charge in [-0.25, -0.2) is 0 Å². The summed E-state index contributed by atoms with van der Waals surface area (Å²) in [6, 6.07) is 20.0. The van der Waals surface area contributed by atoms with E-state index in [9.17, 15) is 4.79 Å². The summed E-state index contributed by atoms with van der Waals surface area (Å²) in [6.07, 6.45) is 13.2. The number of carbonyl (C=O) groups is 1. The number of benzene rings is 2. The van der Waals surface area contributed by atoms with Crippen LogP contribution in [-0.4, -0.2) is 23.8 Å². The molecule has 2 heteroatoms. The van der Waals surface area contributed by atoms with Gasteiger partial charge >= 0.3 is 0 Å². The minimum atomic E-state index is 0.0841. The van der Waals surface area contributed by atoms with Crippen molar-refractivity contribution in [3.63, 3.8) is 0 Å². The van der Waals surface area contributed by atoms with E-state index >= 15 is 0 Å². The van der Waals surface area contributed by atoms with Crippen molar-refractivity contribution in [2.24, 2.45) is 17.8 Å². The third-order valence-corrected chi connectivity index (χ3v) is 9.63. The minimum Gasteiger partial charge on any atom is -0.372 e. The Kier molecular flexibility index (Phi) is 6.46. The highest BCUT2D eigenvalue weighted by molar-refractivity contribution is 5.90. The van der Waals surface area contributed by atoms with Crippen LogP contribution in [0, 0.1) is 17.8 Å². The number of likely N-dealkylation sites (tertiary alicyclic amines) is 1. The van der Waals surface area contributed by atoms with Crippen LogP contribution in [0.4, 0.5) is 0 Å². The van der Waals surface area contributed by atoms with Gasteiger partial charge in [0.05, 0.1) is 0 Å². The number of nitrogens with zero attached hydrogens (tertiary/aromatic N) is 1. The number of allylic oxidation sites excluding steroid dienone is 4. The second kappa shape index (κ2) is 9.88. The lowest BCUT2D eigenvalue weighted by molar-refractivity contribution is -0.122. The molecule has 4 aliphatic rings. The number of piperidine rings is 1. The van der Waals surface area contributed by atoms with Gasteiger partial charge in [0, 0.05) is 30.6 Å². The first-order valence-corrected chi connectivity index (χ1v) is 14.1. The van der Waals surface area contributed by atoms with Crippen LogP contribution in [0.3, 0.4) is 0 Å². The quantitative estimate of drug-likeness (QED) is 0.406. The van der Waals surface area contributed by atoms with Gasteiger partial charge in [0.2, 0.25) is 0 Å². The summed E-state index contributed by atoms with van der Waals surface area (Å²) in [4.78, 5) is 16.0. The highest BCUT2D eigenvalue weighted by Crippen LogP contribution is 2.55. The highest BCUT2D eigenvalue weighted by atomic mass is 16.1. The number of hydrogen-bond donors (Lipinski definition) is 0. The van der Waals surface area contributed by atoms with E-state index in [-0.39, 0.29) is 11.8 Å². The molecule has 5 unspecified atom stereocenters.